The van der Waals surface area contributed by atoms with Crippen molar-refractivity contribution in [3.63, 3.8) is 0 Å². The quantitative estimate of drug-likeness (QED) is 0.595. The SMILES string of the molecule is COc1ccc(C(C)(C)C)cc1NC(=O)Nc1ccc(Cc2ccncc2)cc1. The van der Waals surface area contributed by atoms with E-state index in [9.17, 15) is 4.79 Å². The number of amides is 2. The number of urea groups is 1. The van der Waals surface area contributed by atoms with Gasteiger partial charge in [0, 0.05) is 18.1 Å². The number of aromatic nitrogens is 1. The molecule has 5 nitrogen and oxygen atoms in total. The molecule has 1 heterocycles. The van der Waals surface area contributed by atoms with Crippen molar-refractivity contribution in [2.24, 2.45) is 0 Å². The van der Waals surface area contributed by atoms with Crippen LogP contribution >= 0.6 is 0 Å². The third-order valence-electron chi connectivity index (χ3n) is 4.68. The van der Waals surface area contributed by atoms with E-state index >= 15 is 0 Å². The second kappa shape index (κ2) is 8.78. The van der Waals surface area contributed by atoms with Gasteiger partial charge in [-0.15, -0.1) is 0 Å². The molecule has 3 rings (SSSR count). The van der Waals surface area contributed by atoms with Crippen LogP contribution in [0.5, 0.6) is 5.75 Å². The van der Waals surface area contributed by atoms with Crippen LogP contribution in [-0.4, -0.2) is 18.1 Å². The van der Waals surface area contributed by atoms with Crippen molar-refractivity contribution in [3.8, 4) is 5.75 Å². The third kappa shape index (κ3) is 5.57. The number of hydrogen-bond acceptors (Lipinski definition) is 3. The number of carbonyl (C=O) groups excluding carboxylic acids is 1. The molecule has 5 heteroatoms. The van der Waals surface area contributed by atoms with Gasteiger partial charge in [-0.3, -0.25) is 4.98 Å². The molecule has 0 fully saturated rings. The topological polar surface area (TPSA) is 63.2 Å². The van der Waals surface area contributed by atoms with E-state index in [0.29, 0.717) is 11.4 Å². The van der Waals surface area contributed by atoms with Crippen LogP contribution in [0, 0.1) is 0 Å². The summed E-state index contributed by atoms with van der Waals surface area (Å²) in [6, 6.07) is 17.4. The number of carbonyl (C=O) groups is 1. The van der Waals surface area contributed by atoms with Gasteiger partial charge in [-0.25, -0.2) is 4.79 Å². The van der Waals surface area contributed by atoms with E-state index in [4.69, 9.17) is 4.74 Å². The van der Waals surface area contributed by atoms with E-state index in [1.54, 1.807) is 19.5 Å². The van der Waals surface area contributed by atoms with Crippen LogP contribution in [0.15, 0.2) is 67.0 Å². The normalized spacial score (nSPS) is 11.0. The third-order valence-corrected chi connectivity index (χ3v) is 4.68. The van der Waals surface area contributed by atoms with E-state index in [-0.39, 0.29) is 11.4 Å². The van der Waals surface area contributed by atoms with E-state index < -0.39 is 0 Å². The molecule has 0 unspecified atom stereocenters. The Morgan fingerprint density at radius 1 is 0.931 bits per heavy atom. The van der Waals surface area contributed by atoms with Gasteiger partial charge in [-0.05, 0) is 64.9 Å². The lowest BCUT2D eigenvalue weighted by molar-refractivity contribution is 0.262. The van der Waals surface area contributed by atoms with Crippen LogP contribution in [0.4, 0.5) is 16.2 Å². The number of methoxy groups -OCH3 is 1. The zero-order valence-corrected chi connectivity index (χ0v) is 17.3. The minimum atomic E-state index is -0.309. The Morgan fingerprint density at radius 2 is 1.59 bits per heavy atom. The standard InChI is InChI=1S/C24H27N3O2/c1-24(2,3)19-7-10-22(29-4)21(16-19)27-23(28)26-20-8-5-17(6-9-20)15-18-11-13-25-14-12-18/h5-14,16H,15H2,1-4H3,(H2,26,27,28). The Morgan fingerprint density at radius 3 is 2.21 bits per heavy atom. The summed E-state index contributed by atoms with van der Waals surface area (Å²) in [5.74, 6) is 0.626. The van der Waals surface area contributed by atoms with Gasteiger partial charge in [0.05, 0.1) is 12.8 Å². The van der Waals surface area contributed by atoms with Gasteiger partial charge >= 0.3 is 6.03 Å². The molecule has 2 aromatic carbocycles. The molecule has 0 aliphatic rings. The number of rotatable bonds is 5. The van der Waals surface area contributed by atoms with Gasteiger partial charge in [0.15, 0.2) is 0 Å². The molecule has 0 saturated carbocycles. The fourth-order valence-corrected chi connectivity index (χ4v) is 3.00. The van der Waals surface area contributed by atoms with Crippen molar-refractivity contribution < 1.29 is 9.53 Å². The summed E-state index contributed by atoms with van der Waals surface area (Å²) in [6.45, 7) is 6.39. The second-order valence-electron chi connectivity index (χ2n) is 7.97. The molecule has 0 bridgehead atoms. The zero-order chi connectivity index (χ0) is 20.9. The van der Waals surface area contributed by atoms with E-state index in [1.807, 2.05) is 54.6 Å². The number of anilines is 2. The van der Waals surface area contributed by atoms with Crippen LogP contribution in [0.2, 0.25) is 0 Å². The van der Waals surface area contributed by atoms with Crippen LogP contribution < -0.4 is 15.4 Å². The van der Waals surface area contributed by atoms with Gasteiger partial charge in [0.25, 0.3) is 0 Å². The number of nitrogens with one attached hydrogen (secondary N) is 2. The predicted octanol–water partition coefficient (Wildman–Crippen LogP) is 5.62. The van der Waals surface area contributed by atoms with Gasteiger partial charge in [0.1, 0.15) is 5.75 Å². The van der Waals surface area contributed by atoms with Gasteiger partial charge in [-0.2, -0.15) is 0 Å². The van der Waals surface area contributed by atoms with Crippen molar-refractivity contribution in [1.29, 1.82) is 0 Å². The zero-order valence-electron chi connectivity index (χ0n) is 17.3. The Kier molecular flexibility index (Phi) is 6.17. The fourth-order valence-electron chi connectivity index (χ4n) is 3.00. The minimum Gasteiger partial charge on any atom is -0.495 e. The summed E-state index contributed by atoms with van der Waals surface area (Å²) in [7, 11) is 1.59. The van der Waals surface area contributed by atoms with Crippen molar-refractivity contribution in [3.05, 3.63) is 83.7 Å². The molecule has 3 aromatic rings. The maximum Gasteiger partial charge on any atom is 0.323 e. The van der Waals surface area contributed by atoms with Crippen LogP contribution in [0.25, 0.3) is 0 Å². The highest BCUT2D eigenvalue weighted by molar-refractivity contribution is 6.00. The van der Waals surface area contributed by atoms with E-state index in [2.05, 4.69) is 36.4 Å². The first-order chi connectivity index (χ1) is 13.8. The maximum atomic E-state index is 12.5. The molecule has 2 amide bonds. The number of hydrogen-bond donors (Lipinski definition) is 2. The molecule has 0 atom stereocenters. The monoisotopic (exact) mass is 389 g/mol. The molecule has 150 valence electrons. The minimum absolute atomic E-state index is 0.0240. The van der Waals surface area contributed by atoms with Crippen LogP contribution in [0.1, 0.15) is 37.5 Å². The average molecular weight is 389 g/mol. The van der Waals surface area contributed by atoms with Crippen molar-refractivity contribution in [1.82, 2.24) is 4.98 Å². The summed E-state index contributed by atoms with van der Waals surface area (Å²) < 4.78 is 5.39. The number of ether oxygens (including phenoxy) is 1. The predicted molar refractivity (Wildman–Crippen MR) is 118 cm³/mol. The Labute approximate surface area is 172 Å². The summed E-state index contributed by atoms with van der Waals surface area (Å²) in [5, 5.41) is 5.77. The smallest absolute Gasteiger partial charge is 0.323 e. The van der Waals surface area contributed by atoms with Gasteiger partial charge in [0.2, 0.25) is 0 Å². The molecule has 29 heavy (non-hydrogen) atoms. The van der Waals surface area contributed by atoms with Crippen LogP contribution in [-0.2, 0) is 11.8 Å². The molecule has 1 aromatic heterocycles. The Balaban J connectivity index is 1.66. The first-order valence-electron chi connectivity index (χ1n) is 9.59. The summed E-state index contributed by atoms with van der Waals surface area (Å²) in [4.78, 5) is 16.5. The molecule has 0 aliphatic carbocycles. The first kappa shape index (κ1) is 20.4. The molecular formula is C24H27N3O2. The highest BCUT2D eigenvalue weighted by Gasteiger charge is 2.17. The van der Waals surface area contributed by atoms with E-state index in [1.165, 1.54) is 11.1 Å². The summed E-state index contributed by atoms with van der Waals surface area (Å²) in [6.07, 6.45) is 4.41. The molecule has 2 N–H and O–H groups in total. The molecule has 0 saturated heterocycles. The highest BCUT2D eigenvalue weighted by Crippen LogP contribution is 2.31. The summed E-state index contributed by atoms with van der Waals surface area (Å²) in [5.41, 5.74) is 4.84. The van der Waals surface area contributed by atoms with E-state index in [0.717, 1.165) is 17.7 Å². The number of pyridine rings is 1. The van der Waals surface area contributed by atoms with Gasteiger partial charge < -0.3 is 15.4 Å². The Bertz CT molecular complexity index is 962. The van der Waals surface area contributed by atoms with Gasteiger partial charge in [-0.1, -0.05) is 39.0 Å². The Hall–Kier alpha value is -3.34. The van der Waals surface area contributed by atoms with Crippen molar-refractivity contribution >= 4 is 17.4 Å². The number of benzene rings is 2. The van der Waals surface area contributed by atoms with Crippen LogP contribution in [0.3, 0.4) is 0 Å². The second-order valence-corrected chi connectivity index (χ2v) is 7.97. The number of nitrogens with zero attached hydrogens (tertiary/aromatic N) is 1. The average Bonchev–Trinajstić information content (AvgIpc) is 2.69. The molecule has 0 aliphatic heterocycles. The lowest BCUT2D eigenvalue weighted by atomic mass is 9.87. The lowest BCUT2D eigenvalue weighted by Gasteiger charge is -2.21. The molecule has 0 radical (unpaired) electrons. The summed E-state index contributed by atoms with van der Waals surface area (Å²) >= 11 is 0. The highest BCUT2D eigenvalue weighted by atomic mass is 16.5. The fraction of sp³-hybridized carbons (Fsp3) is 0.250. The maximum absolute atomic E-state index is 12.5. The molecule has 0 spiro atoms. The van der Waals surface area contributed by atoms with Crippen molar-refractivity contribution in [2.75, 3.05) is 17.7 Å². The lowest BCUT2D eigenvalue weighted by Crippen LogP contribution is -2.20. The van der Waals surface area contributed by atoms with Crippen molar-refractivity contribution in [2.45, 2.75) is 32.6 Å². The largest absolute Gasteiger partial charge is 0.495 e. The first-order valence-corrected chi connectivity index (χ1v) is 9.59. The molecular weight excluding hydrogens is 362 g/mol.